The molecule has 1 fully saturated rings. The maximum atomic E-state index is 13.4. The maximum Gasteiger partial charge on any atom is 0.173 e. The minimum absolute atomic E-state index is 0.0464. The summed E-state index contributed by atoms with van der Waals surface area (Å²) in [6.07, 6.45) is 2.57. The predicted octanol–water partition coefficient (Wildman–Crippen LogP) is 3.71. The molecule has 0 atom stereocenters. The Morgan fingerprint density at radius 3 is 2.47 bits per heavy atom. The summed E-state index contributed by atoms with van der Waals surface area (Å²) in [6, 6.07) is 2.70. The molecule has 0 saturated heterocycles. The summed E-state index contributed by atoms with van der Waals surface area (Å²) in [5.41, 5.74) is -0.125. The number of Topliss-reactive ketones (excluding diaryl/α,β-unsaturated/α-hetero) is 1. The van der Waals surface area contributed by atoms with Crippen LogP contribution in [0.3, 0.4) is 0 Å². The monoisotopic (exact) mass is 274 g/mol. The van der Waals surface area contributed by atoms with Gasteiger partial charge in [-0.25, -0.2) is 8.78 Å². The van der Waals surface area contributed by atoms with E-state index in [0.717, 1.165) is 19.3 Å². The first kappa shape index (κ1) is 10.7. The number of benzene rings is 1. The lowest BCUT2D eigenvalue weighted by atomic mass is 9.80. The molecule has 0 unspecified atom stereocenters. The van der Waals surface area contributed by atoms with Gasteiger partial charge in [0.15, 0.2) is 17.4 Å². The zero-order valence-corrected chi connectivity index (χ0v) is 9.48. The van der Waals surface area contributed by atoms with Crippen LogP contribution in [0, 0.1) is 17.6 Å². The fourth-order valence-electron chi connectivity index (χ4n) is 1.61. The van der Waals surface area contributed by atoms with E-state index in [9.17, 15) is 13.6 Å². The van der Waals surface area contributed by atoms with Crippen LogP contribution in [0.5, 0.6) is 0 Å². The van der Waals surface area contributed by atoms with Crippen LogP contribution in [0.4, 0.5) is 8.78 Å². The second kappa shape index (κ2) is 4.00. The Hall–Kier alpha value is -0.770. The number of carbonyl (C=O) groups is 1. The molecular weight excluding hydrogens is 266 g/mol. The van der Waals surface area contributed by atoms with Gasteiger partial charge < -0.3 is 0 Å². The first-order valence-electron chi connectivity index (χ1n) is 4.79. The number of rotatable bonds is 2. The normalized spacial score (nSPS) is 16.2. The van der Waals surface area contributed by atoms with Crippen LogP contribution in [-0.2, 0) is 0 Å². The van der Waals surface area contributed by atoms with E-state index in [1.54, 1.807) is 0 Å². The highest BCUT2D eigenvalue weighted by Gasteiger charge is 2.29. The van der Waals surface area contributed by atoms with Crippen molar-refractivity contribution in [3.05, 3.63) is 33.8 Å². The summed E-state index contributed by atoms with van der Waals surface area (Å²) in [5, 5.41) is 0. The van der Waals surface area contributed by atoms with Crippen molar-refractivity contribution in [3.8, 4) is 0 Å². The van der Waals surface area contributed by atoms with Gasteiger partial charge in [-0.2, -0.15) is 0 Å². The maximum absolute atomic E-state index is 13.4. The summed E-state index contributed by atoms with van der Waals surface area (Å²) in [5.74, 6) is -2.41. The van der Waals surface area contributed by atoms with Crippen molar-refractivity contribution in [2.45, 2.75) is 19.3 Å². The fraction of sp³-hybridized carbons (Fsp3) is 0.364. The Labute approximate surface area is 94.6 Å². The minimum Gasteiger partial charge on any atom is -0.294 e. The molecule has 15 heavy (non-hydrogen) atoms. The topological polar surface area (TPSA) is 17.1 Å². The molecule has 0 bridgehead atoms. The minimum atomic E-state index is -1.04. The van der Waals surface area contributed by atoms with E-state index in [4.69, 9.17) is 0 Å². The van der Waals surface area contributed by atoms with Crippen molar-refractivity contribution in [1.82, 2.24) is 0 Å². The highest BCUT2D eigenvalue weighted by Crippen LogP contribution is 2.31. The van der Waals surface area contributed by atoms with Gasteiger partial charge in [0.2, 0.25) is 0 Å². The number of carbonyl (C=O) groups excluding carboxylic acids is 1. The molecule has 1 aromatic carbocycles. The highest BCUT2D eigenvalue weighted by atomic mass is 79.9. The molecule has 0 heterocycles. The Bertz CT molecular complexity index is 413. The number of hydrogen-bond donors (Lipinski definition) is 0. The molecule has 2 rings (SSSR count). The van der Waals surface area contributed by atoms with E-state index in [1.807, 2.05) is 0 Å². The second-order valence-corrected chi connectivity index (χ2v) is 4.57. The van der Waals surface area contributed by atoms with Gasteiger partial charge in [-0.15, -0.1) is 0 Å². The highest BCUT2D eigenvalue weighted by molar-refractivity contribution is 9.10. The predicted molar refractivity (Wildman–Crippen MR) is 55.7 cm³/mol. The van der Waals surface area contributed by atoms with E-state index < -0.39 is 11.6 Å². The molecule has 0 amide bonds. The van der Waals surface area contributed by atoms with Crippen LogP contribution in [0.15, 0.2) is 16.6 Å². The van der Waals surface area contributed by atoms with Crippen molar-refractivity contribution < 1.29 is 13.6 Å². The largest absolute Gasteiger partial charge is 0.294 e. The Morgan fingerprint density at radius 1 is 1.27 bits per heavy atom. The fourth-order valence-corrected chi connectivity index (χ4v) is 1.91. The van der Waals surface area contributed by atoms with Gasteiger partial charge in [-0.05, 0) is 40.9 Å². The number of halogens is 3. The average molecular weight is 275 g/mol. The Balaban J connectivity index is 2.35. The summed E-state index contributed by atoms with van der Waals surface area (Å²) in [6.45, 7) is 0. The standard InChI is InChI=1S/C11H9BrF2O/c12-8-5-4-7(9(13)10(8)14)11(15)6-2-1-3-6/h4-6H,1-3H2. The zero-order valence-electron chi connectivity index (χ0n) is 7.90. The van der Waals surface area contributed by atoms with E-state index in [1.165, 1.54) is 12.1 Å². The third-order valence-corrected chi connectivity index (χ3v) is 3.39. The summed E-state index contributed by atoms with van der Waals surface area (Å²) in [4.78, 5) is 11.7. The van der Waals surface area contributed by atoms with Crippen LogP contribution >= 0.6 is 15.9 Å². The molecule has 0 spiro atoms. The van der Waals surface area contributed by atoms with Gasteiger partial charge in [0.25, 0.3) is 0 Å². The van der Waals surface area contributed by atoms with Gasteiger partial charge in [0, 0.05) is 5.92 Å². The quantitative estimate of drug-likeness (QED) is 0.594. The average Bonchev–Trinajstić information content (AvgIpc) is 2.11. The second-order valence-electron chi connectivity index (χ2n) is 3.71. The first-order valence-corrected chi connectivity index (χ1v) is 5.58. The van der Waals surface area contributed by atoms with Crippen molar-refractivity contribution >= 4 is 21.7 Å². The molecule has 80 valence electrons. The summed E-state index contributed by atoms with van der Waals surface area (Å²) < 4.78 is 26.6. The smallest absolute Gasteiger partial charge is 0.173 e. The molecule has 1 aliphatic rings. The van der Waals surface area contributed by atoms with Crippen LogP contribution in [0.2, 0.25) is 0 Å². The van der Waals surface area contributed by atoms with Gasteiger partial charge >= 0.3 is 0 Å². The molecule has 0 N–H and O–H groups in total. The third kappa shape index (κ3) is 1.83. The molecule has 0 aliphatic heterocycles. The lowest BCUT2D eigenvalue weighted by Gasteiger charge is -2.23. The van der Waals surface area contributed by atoms with Crippen molar-refractivity contribution in [2.75, 3.05) is 0 Å². The number of ketones is 1. The van der Waals surface area contributed by atoms with Crippen LogP contribution in [-0.4, -0.2) is 5.78 Å². The Kier molecular flexibility index (Phi) is 2.87. The van der Waals surface area contributed by atoms with Gasteiger partial charge in [-0.1, -0.05) is 6.42 Å². The van der Waals surface area contributed by atoms with E-state index in [-0.39, 0.29) is 21.7 Å². The molecule has 1 nitrogen and oxygen atoms in total. The van der Waals surface area contributed by atoms with Crippen molar-refractivity contribution in [3.63, 3.8) is 0 Å². The van der Waals surface area contributed by atoms with E-state index in [2.05, 4.69) is 15.9 Å². The van der Waals surface area contributed by atoms with E-state index >= 15 is 0 Å². The lowest BCUT2D eigenvalue weighted by Crippen LogP contribution is -2.23. The Morgan fingerprint density at radius 2 is 1.93 bits per heavy atom. The van der Waals surface area contributed by atoms with Gasteiger partial charge in [-0.3, -0.25) is 4.79 Å². The molecule has 0 radical (unpaired) electrons. The molecule has 0 aromatic heterocycles. The summed E-state index contributed by atoms with van der Waals surface area (Å²) >= 11 is 2.87. The van der Waals surface area contributed by atoms with E-state index in [0.29, 0.717) is 0 Å². The number of hydrogen-bond acceptors (Lipinski definition) is 1. The molecular formula is C11H9BrF2O. The third-order valence-electron chi connectivity index (χ3n) is 2.78. The van der Waals surface area contributed by atoms with Crippen LogP contribution in [0.25, 0.3) is 0 Å². The van der Waals surface area contributed by atoms with Crippen LogP contribution < -0.4 is 0 Å². The SMILES string of the molecule is O=C(c1ccc(Br)c(F)c1F)C1CCC1. The van der Waals surface area contributed by atoms with Crippen molar-refractivity contribution in [2.24, 2.45) is 5.92 Å². The van der Waals surface area contributed by atoms with Crippen molar-refractivity contribution in [1.29, 1.82) is 0 Å². The lowest BCUT2D eigenvalue weighted by molar-refractivity contribution is 0.0849. The molecule has 1 aromatic rings. The molecule has 4 heteroatoms. The van der Waals surface area contributed by atoms with Gasteiger partial charge in [0.1, 0.15) is 0 Å². The van der Waals surface area contributed by atoms with Gasteiger partial charge in [0.05, 0.1) is 10.0 Å². The summed E-state index contributed by atoms with van der Waals surface area (Å²) in [7, 11) is 0. The molecule has 1 aliphatic carbocycles. The zero-order chi connectivity index (χ0) is 11.0. The first-order chi connectivity index (χ1) is 7.11. The van der Waals surface area contributed by atoms with Crippen LogP contribution in [0.1, 0.15) is 29.6 Å². The molecule has 1 saturated carbocycles.